The molecular weight excluding hydrogens is 236 g/mol. The molecule has 0 aromatic rings. The molecule has 1 saturated heterocycles. The molecule has 1 saturated carbocycles. The zero-order chi connectivity index (χ0) is 14.1. The summed E-state index contributed by atoms with van der Waals surface area (Å²) in [6, 6.07) is 0. The summed E-state index contributed by atoms with van der Waals surface area (Å²) in [5.41, 5.74) is 6.82. The molecular formula is C16H32N2O. The Morgan fingerprint density at radius 3 is 2.58 bits per heavy atom. The normalized spacial score (nSPS) is 37.7. The fraction of sp³-hybridized carbons (Fsp3) is 1.00. The van der Waals surface area contributed by atoms with Gasteiger partial charge in [-0.25, -0.2) is 0 Å². The van der Waals surface area contributed by atoms with Gasteiger partial charge in [-0.15, -0.1) is 0 Å². The van der Waals surface area contributed by atoms with E-state index >= 15 is 0 Å². The highest BCUT2D eigenvalue weighted by molar-refractivity contribution is 5.00. The van der Waals surface area contributed by atoms with E-state index in [2.05, 4.69) is 25.7 Å². The zero-order valence-corrected chi connectivity index (χ0v) is 13.2. The van der Waals surface area contributed by atoms with E-state index in [0.29, 0.717) is 11.5 Å². The Morgan fingerprint density at radius 2 is 2.05 bits per heavy atom. The van der Waals surface area contributed by atoms with Gasteiger partial charge < -0.3 is 10.5 Å². The molecule has 1 aliphatic carbocycles. The van der Waals surface area contributed by atoms with E-state index < -0.39 is 0 Å². The first-order valence-corrected chi connectivity index (χ1v) is 7.89. The Hall–Kier alpha value is -0.120. The van der Waals surface area contributed by atoms with Gasteiger partial charge in [-0.05, 0) is 50.0 Å². The van der Waals surface area contributed by atoms with Crippen molar-refractivity contribution in [1.82, 2.24) is 4.90 Å². The average Bonchev–Trinajstić information content (AvgIpc) is 2.88. The van der Waals surface area contributed by atoms with Crippen LogP contribution in [0.1, 0.15) is 52.9 Å². The molecule has 0 aromatic heterocycles. The number of nitrogens with zero attached hydrogens (tertiary/aromatic N) is 1. The van der Waals surface area contributed by atoms with Gasteiger partial charge in [-0.3, -0.25) is 4.90 Å². The zero-order valence-electron chi connectivity index (χ0n) is 13.2. The smallest absolute Gasteiger partial charge is 0.0589 e. The Bertz CT molecular complexity index is 300. The lowest BCUT2D eigenvalue weighted by Gasteiger charge is -2.46. The van der Waals surface area contributed by atoms with Crippen molar-refractivity contribution in [2.24, 2.45) is 17.1 Å². The molecule has 2 aliphatic rings. The number of methoxy groups -OCH3 is 1. The molecule has 0 spiro atoms. The van der Waals surface area contributed by atoms with Gasteiger partial charge in [-0.2, -0.15) is 0 Å². The van der Waals surface area contributed by atoms with Crippen LogP contribution in [-0.4, -0.2) is 43.3 Å². The molecule has 3 heteroatoms. The fourth-order valence-corrected chi connectivity index (χ4v) is 3.99. The monoisotopic (exact) mass is 268 g/mol. The predicted molar refractivity (Wildman–Crippen MR) is 80.2 cm³/mol. The van der Waals surface area contributed by atoms with Crippen molar-refractivity contribution in [1.29, 1.82) is 0 Å². The van der Waals surface area contributed by atoms with Crippen molar-refractivity contribution in [2.75, 3.05) is 26.7 Å². The Kier molecular flexibility index (Phi) is 4.59. The standard InChI is InChI=1S/C16H32N2O/c1-15(2,3)13-7-9-18(11-13)16(12-17)8-5-6-14(10-16)19-4/h13-14H,5-12,17H2,1-4H3. The predicted octanol–water partition coefficient (Wildman–Crippen LogP) is 2.64. The maximum atomic E-state index is 6.19. The third kappa shape index (κ3) is 3.14. The van der Waals surface area contributed by atoms with Gasteiger partial charge in [0, 0.05) is 25.7 Å². The average molecular weight is 268 g/mol. The minimum atomic E-state index is 0.207. The summed E-state index contributed by atoms with van der Waals surface area (Å²) in [6.07, 6.45) is 6.56. The molecule has 2 fully saturated rings. The summed E-state index contributed by atoms with van der Waals surface area (Å²) in [4.78, 5) is 2.69. The van der Waals surface area contributed by atoms with Gasteiger partial charge in [0.05, 0.1) is 6.10 Å². The summed E-state index contributed by atoms with van der Waals surface area (Å²) in [5.74, 6) is 0.804. The van der Waals surface area contributed by atoms with Gasteiger partial charge in [0.1, 0.15) is 0 Å². The van der Waals surface area contributed by atoms with Crippen LogP contribution in [0.3, 0.4) is 0 Å². The van der Waals surface area contributed by atoms with Crippen LogP contribution in [-0.2, 0) is 4.74 Å². The highest BCUT2D eigenvalue weighted by Gasteiger charge is 2.44. The van der Waals surface area contributed by atoms with Gasteiger partial charge in [-0.1, -0.05) is 20.8 Å². The summed E-state index contributed by atoms with van der Waals surface area (Å²) in [5, 5.41) is 0. The summed E-state index contributed by atoms with van der Waals surface area (Å²) in [6.45, 7) is 10.3. The first kappa shape index (κ1) is 15.3. The number of hydrogen-bond donors (Lipinski definition) is 1. The lowest BCUT2D eigenvalue weighted by molar-refractivity contribution is -0.0159. The second kappa shape index (κ2) is 5.71. The molecule has 1 aliphatic heterocycles. The van der Waals surface area contributed by atoms with Crippen LogP contribution in [0.15, 0.2) is 0 Å². The van der Waals surface area contributed by atoms with Crippen LogP contribution >= 0.6 is 0 Å². The van der Waals surface area contributed by atoms with E-state index in [0.717, 1.165) is 18.9 Å². The molecule has 3 nitrogen and oxygen atoms in total. The SMILES string of the molecule is COC1CCCC(CN)(N2CCC(C(C)(C)C)C2)C1. The quantitative estimate of drug-likeness (QED) is 0.855. The lowest BCUT2D eigenvalue weighted by Crippen LogP contribution is -2.56. The van der Waals surface area contributed by atoms with Gasteiger partial charge in [0.25, 0.3) is 0 Å². The second-order valence-electron chi connectivity index (χ2n) is 7.68. The number of likely N-dealkylation sites (tertiary alicyclic amines) is 1. The summed E-state index contributed by atoms with van der Waals surface area (Å²) < 4.78 is 5.62. The van der Waals surface area contributed by atoms with Crippen molar-refractivity contribution in [2.45, 2.75) is 64.5 Å². The van der Waals surface area contributed by atoms with Crippen molar-refractivity contribution < 1.29 is 4.74 Å². The van der Waals surface area contributed by atoms with Crippen LogP contribution in [0, 0.1) is 11.3 Å². The number of ether oxygens (including phenoxy) is 1. The lowest BCUT2D eigenvalue weighted by atomic mass is 9.78. The van der Waals surface area contributed by atoms with E-state index in [4.69, 9.17) is 10.5 Å². The van der Waals surface area contributed by atoms with E-state index in [-0.39, 0.29) is 5.54 Å². The highest BCUT2D eigenvalue weighted by atomic mass is 16.5. The maximum absolute atomic E-state index is 6.19. The summed E-state index contributed by atoms with van der Waals surface area (Å²) >= 11 is 0. The number of nitrogens with two attached hydrogens (primary N) is 1. The number of hydrogen-bond acceptors (Lipinski definition) is 3. The van der Waals surface area contributed by atoms with Crippen LogP contribution in [0.5, 0.6) is 0 Å². The van der Waals surface area contributed by atoms with Crippen LogP contribution in [0.4, 0.5) is 0 Å². The molecule has 2 N–H and O–H groups in total. The molecule has 0 bridgehead atoms. The first-order valence-electron chi connectivity index (χ1n) is 7.89. The maximum Gasteiger partial charge on any atom is 0.0589 e. The van der Waals surface area contributed by atoms with Gasteiger partial charge in [0.15, 0.2) is 0 Å². The van der Waals surface area contributed by atoms with Crippen LogP contribution in [0.25, 0.3) is 0 Å². The van der Waals surface area contributed by atoms with Crippen LogP contribution < -0.4 is 5.73 Å². The topological polar surface area (TPSA) is 38.5 Å². The van der Waals surface area contributed by atoms with E-state index in [1.807, 2.05) is 7.11 Å². The van der Waals surface area contributed by atoms with E-state index in [1.54, 1.807) is 0 Å². The largest absolute Gasteiger partial charge is 0.381 e. The molecule has 2 rings (SSSR count). The third-order valence-corrected chi connectivity index (χ3v) is 5.57. The second-order valence-corrected chi connectivity index (χ2v) is 7.68. The Morgan fingerprint density at radius 1 is 1.32 bits per heavy atom. The molecule has 3 atom stereocenters. The molecule has 1 heterocycles. The minimum Gasteiger partial charge on any atom is -0.381 e. The molecule has 0 radical (unpaired) electrons. The van der Waals surface area contributed by atoms with Crippen molar-refractivity contribution in [3.63, 3.8) is 0 Å². The van der Waals surface area contributed by atoms with E-state index in [9.17, 15) is 0 Å². The van der Waals surface area contributed by atoms with Gasteiger partial charge >= 0.3 is 0 Å². The van der Waals surface area contributed by atoms with Gasteiger partial charge in [0.2, 0.25) is 0 Å². The molecule has 3 unspecified atom stereocenters. The van der Waals surface area contributed by atoms with Crippen molar-refractivity contribution in [3.05, 3.63) is 0 Å². The number of rotatable bonds is 3. The molecule has 19 heavy (non-hydrogen) atoms. The van der Waals surface area contributed by atoms with Crippen molar-refractivity contribution in [3.8, 4) is 0 Å². The van der Waals surface area contributed by atoms with Crippen molar-refractivity contribution >= 4 is 0 Å². The Balaban J connectivity index is 2.06. The van der Waals surface area contributed by atoms with E-state index in [1.165, 1.54) is 38.8 Å². The molecule has 0 amide bonds. The minimum absolute atomic E-state index is 0.207. The molecule has 112 valence electrons. The molecule has 0 aromatic carbocycles. The third-order valence-electron chi connectivity index (χ3n) is 5.57. The highest BCUT2D eigenvalue weighted by Crippen LogP contribution is 2.41. The first-order chi connectivity index (χ1) is 8.91. The summed E-state index contributed by atoms with van der Waals surface area (Å²) in [7, 11) is 1.85. The fourth-order valence-electron chi connectivity index (χ4n) is 3.99. The Labute approximate surface area is 118 Å². The van der Waals surface area contributed by atoms with Crippen LogP contribution in [0.2, 0.25) is 0 Å².